The van der Waals surface area contributed by atoms with E-state index in [1.54, 1.807) is 30.3 Å². The lowest BCUT2D eigenvalue weighted by Gasteiger charge is -2.10. The molecule has 120 valence electrons. The van der Waals surface area contributed by atoms with Crippen LogP contribution in [0, 0.1) is 0 Å². The first-order valence-electron chi connectivity index (χ1n) is 6.53. The van der Waals surface area contributed by atoms with Gasteiger partial charge >= 0.3 is 6.03 Å². The first-order chi connectivity index (χ1) is 11.0. The molecule has 8 heteroatoms. The van der Waals surface area contributed by atoms with E-state index in [1.165, 1.54) is 13.2 Å². The maximum Gasteiger partial charge on any atom is 0.316 e. The maximum atomic E-state index is 12.3. The average Bonchev–Trinajstić information content (AvgIpc) is 2.54. The van der Waals surface area contributed by atoms with Gasteiger partial charge in [-0.3, -0.25) is 4.79 Å². The number of primary amides is 1. The van der Waals surface area contributed by atoms with Crippen LogP contribution in [0.15, 0.2) is 41.4 Å². The molecule has 23 heavy (non-hydrogen) atoms. The van der Waals surface area contributed by atoms with Crippen LogP contribution in [0.2, 0.25) is 5.15 Å². The third-order valence-corrected chi connectivity index (χ3v) is 4.03. The van der Waals surface area contributed by atoms with Gasteiger partial charge in [0.2, 0.25) is 0 Å². The van der Waals surface area contributed by atoms with E-state index in [0.717, 1.165) is 11.8 Å². The van der Waals surface area contributed by atoms with Crippen molar-refractivity contribution in [3.8, 4) is 5.75 Å². The predicted octanol–water partition coefficient (Wildman–Crippen LogP) is 3.21. The number of nitrogens with one attached hydrogen (secondary N) is 1. The summed E-state index contributed by atoms with van der Waals surface area (Å²) >= 11 is 7.01. The number of hydrogen-bond donors (Lipinski definition) is 2. The third kappa shape index (κ3) is 4.61. The highest BCUT2D eigenvalue weighted by atomic mass is 35.5. The molecule has 0 saturated carbocycles. The number of pyridine rings is 1. The van der Waals surface area contributed by atoms with Crippen molar-refractivity contribution in [2.45, 2.75) is 5.03 Å². The number of ketones is 1. The van der Waals surface area contributed by atoms with Crippen molar-refractivity contribution in [1.29, 1.82) is 0 Å². The molecule has 0 bridgehead atoms. The van der Waals surface area contributed by atoms with Crippen molar-refractivity contribution in [1.82, 2.24) is 4.98 Å². The van der Waals surface area contributed by atoms with E-state index in [1.807, 2.05) is 0 Å². The molecular formula is C15H14ClN3O3S. The van der Waals surface area contributed by atoms with Gasteiger partial charge in [0.1, 0.15) is 15.9 Å². The molecule has 2 rings (SSSR count). The summed E-state index contributed by atoms with van der Waals surface area (Å²) in [6.45, 7) is 0. The number of carbonyl (C=O) groups is 2. The number of ether oxygens (including phenoxy) is 1. The zero-order chi connectivity index (χ0) is 16.8. The van der Waals surface area contributed by atoms with E-state index in [9.17, 15) is 9.59 Å². The van der Waals surface area contributed by atoms with Gasteiger partial charge in [0, 0.05) is 0 Å². The van der Waals surface area contributed by atoms with Gasteiger partial charge in [-0.1, -0.05) is 35.5 Å². The number of Topliss-reactive ketones (excluding diaryl/α,β-unsaturated/α-hetero) is 1. The highest BCUT2D eigenvalue weighted by Gasteiger charge is 2.14. The lowest BCUT2D eigenvalue weighted by molar-refractivity contribution is 0.101. The SMILES string of the molecule is COc1ccccc1C(=O)CSc1nc(Cl)ccc1NC(N)=O. The number of halogens is 1. The fourth-order valence-corrected chi connectivity index (χ4v) is 2.90. The average molecular weight is 352 g/mol. The summed E-state index contributed by atoms with van der Waals surface area (Å²) in [7, 11) is 1.51. The molecule has 0 radical (unpaired) electrons. The van der Waals surface area contributed by atoms with E-state index < -0.39 is 6.03 Å². The molecule has 3 N–H and O–H groups in total. The van der Waals surface area contributed by atoms with Crippen molar-refractivity contribution in [3.63, 3.8) is 0 Å². The molecule has 2 aromatic rings. The van der Waals surface area contributed by atoms with Gasteiger partial charge in [-0.25, -0.2) is 9.78 Å². The second kappa shape index (κ2) is 7.85. The first kappa shape index (κ1) is 17.1. The highest BCUT2D eigenvalue weighted by Crippen LogP contribution is 2.28. The number of nitrogens with zero attached hydrogens (tertiary/aromatic N) is 1. The summed E-state index contributed by atoms with van der Waals surface area (Å²) in [5, 5.41) is 3.12. The summed E-state index contributed by atoms with van der Waals surface area (Å²) in [6, 6.07) is 9.35. The summed E-state index contributed by atoms with van der Waals surface area (Å²) in [6.07, 6.45) is 0. The Bertz CT molecular complexity index is 740. The number of urea groups is 1. The number of nitrogens with two attached hydrogens (primary N) is 1. The lowest BCUT2D eigenvalue weighted by Crippen LogP contribution is -2.20. The molecular weight excluding hydrogens is 338 g/mol. The quantitative estimate of drug-likeness (QED) is 0.473. The Morgan fingerprint density at radius 3 is 2.74 bits per heavy atom. The molecule has 0 spiro atoms. The standard InChI is InChI=1S/C15H14ClN3O3S/c1-22-12-5-3-2-4-9(12)11(20)8-23-14-10(18-15(17)21)6-7-13(16)19-14/h2-7H,8H2,1H3,(H3,17,18,21). The van der Waals surface area contributed by atoms with Crippen LogP contribution in [-0.4, -0.2) is 29.7 Å². The number of rotatable bonds is 6. The molecule has 2 amide bonds. The molecule has 0 saturated heterocycles. The summed E-state index contributed by atoms with van der Waals surface area (Å²) in [4.78, 5) is 27.5. The molecule has 0 aliphatic rings. The number of amides is 2. The first-order valence-corrected chi connectivity index (χ1v) is 7.89. The fraction of sp³-hybridized carbons (Fsp3) is 0.133. The van der Waals surface area contributed by atoms with Gasteiger partial charge in [0.15, 0.2) is 5.78 Å². The minimum absolute atomic E-state index is 0.112. The molecule has 0 aliphatic carbocycles. The second-order valence-corrected chi connectivity index (χ2v) is 5.74. The Hall–Kier alpha value is -2.25. The minimum Gasteiger partial charge on any atom is -0.496 e. The smallest absolute Gasteiger partial charge is 0.316 e. The van der Waals surface area contributed by atoms with Crippen molar-refractivity contribution < 1.29 is 14.3 Å². The van der Waals surface area contributed by atoms with E-state index in [4.69, 9.17) is 22.1 Å². The molecule has 0 aliphatic heterocycles. The van der Waals surface area contributed by atoms with Gasteiger partial charge in [-0.2, -0.15) is 0 Å². The van der Waals surface area contributed by atoms with Crippen LogP contribution in [0.4, 0.5) is 10.5 Å². The molecule has 0 unspecified atom stereocenters. The van der Waals surface area contributed by atoms with Crippen LogP contribution in [0.3, 0.4) is 0 Å². The maximum absolute atomic E-state index is 12.3. The van der Waals surface area contributed by atoms with Crippen LogP contribution in [0.5, 0.6) is 5.75 Å². The molecule has 1 aromatic carbocycles. The predicted molar refractivity (Wildman–Crippen MR) is 90.5 cm³/mol. The number of thioether (sulfide) groups is 1. The highest BCUT2D eigenvalue weighted by molar-refractivity contribution is 8.00. The Balaban J connectivity index is 2.15. The number of benzene rings is 1. The molecule has 1 heterocycles. The largest absolute Gasteiger partial charge is 0.496 e. The Labute approximate surface area is 142 Å². The Morgan fingerprint density at radius 1 is 1.30 bits per heavy atom. The lowest BCUT2D eigenvalue weighted by atomic mass is 10.1. The van der Waals surface area contributed by atoms with Crippen LogP contribution in [0.1, 0.15) is 10.4 Å². The second-order valence-electron chi connectivity index (χ2n) is 4.39. The normalized spacial score (nSPS) is 10.2. The van der Waals surface area contributed by atoms with Gasteiger partial charge in [0.25, 0.3) is 0 Å². The van der Waals surface area contributed by atoms with Gasteiger partial charge in [0.05, 0.1) is 24.1 Å². The van der Waals surface area contributed by atoms with Gasteiger partial charge in [-0.05, 0) is 24.3 Å². The number of aromatic nitrogens is 1. The van der Waals surface area contributed by atoms with E-state index in [-0.39, 0.29) is 16.7 Å². The Morgan fingerprint density at radius 2 is 2.04 bits per heavy atom. The third-order valence-electron chi connectivity index (χ3n) is 2.83. The summed E-state index contributed by atoms with van der Waals surface area (Å²) < 4.78 is 5.17. The summed E-state index contributed by atoms with van der Waals surface area (Å²) in [5.74, 6) is 0.494. The van der Waals surface area contributed by atoms with Crippen LogP contribution >= 0.6 is 23.4 Å². The van der Waals surface area contributed by atoms with Crippen molar-refractivity contribution >= 4 is 40.9 Å². The van der Waals surface area contributed by atoms with Crippen molar-refractivity contribution in [3.05, 3.63) is 47.1 Å². The topological polar surface area (TPSA) is 94.3 Å². The van der Waals surface area contributed by atoms with Crippen LogP contribution < -0.4 is 15.8 Å². The zero-order valence-corrected chi connectivity index (χ0v) is 13.8. The van der Waals surface area contributed by atoms with E-state index in [0.29, 0.717) is 22.0 Å². The molecule has 0 fully saturated rings. The van der Waals surface area contributed by atoms with Crippen LogP contribution in [-0.2, 0) is 0 Å². The number of hydrogen-bond acceptors (Lipinski definition) is 5. The molecule has 1 aromatic heterocycles. The monoisotopic (exact) mass is 351 g/mol. The minimum atomic E-state index is -0.716. The van der Waals surface area contributed by atoms with Gasteiger partial charge in [-0.15, -0.1) is 0 Å². The van der Waals surface area contributed by atoms with Crippen molar-refractivity contribution in [2.75, 3.05) is 18.2 Å². The number of methoxy groups -OCH3 is 1. The number of para-hydroxylation sites is 1. The van der Waals surface area contributed by atoms with Crippen LogP contribution in [0.25, 0.3) is 0 Å². The number of anilines is 1. The van der Waals surface area contributed by atoms with E-state index in [2.05, 4.69) is 10.3 Å². The molecule has 6 nitrogen and oxygen atoms in total. The molecule has 0 atom stereocenters. The summed E-state index contributed by atoms with van der Waals surface area (Å²) in [5.41, 5.74) is 6.00. The van der Waals surface area contributed by atoms with Crippen molar-refractivity contribution in [2.24, 2.45) is 5.73 Å². The van der Waals surface area contributed by atoms with E-state index >= 15 is 0 Å². The fourth-order valence-electron chi connectivity index (χ4n) is 1.84. The van der Waals surface area contributed by atoms with Gasteiger partial charge < -0.3 is 15.8 Å². The number of carbonyl (C=O) groups excluding carboxylic acids is 2. The Kier molecular flexibility index (Phi) is 5.84. The zero-order valence-electron chi connectivity index (χ0n) is 12.2.